The Bertz CT molecular complexity index is 753. The van der Waals surface area contributed by atoms with Gasteiger partial charge < -0.3 is 9.64 Å². The topological polar surface area (TPSA) is 29.5 Å². The van der Waals surface area contributed by atoms with Crippen molar-refractivity contribution in [2.45, 2.75) is 25.9 Å². The number of ether oxygens (including phenoxy) is 1. The normalized spacial score (nSPS) is 18.0. The molecule has 0 bridgehead atoms. The SMILES string of the molecule is COc1ccc(CN2C(=O)C(Br)=C(C)CC2c2ccccc2)cc1. The van der Waals surface area contributed by atoms with Gasteiger partial charge in [0.15, 0.2) is 0 Å². The first kappa shape index (κ1) is 16.8. The number of halogens is 1. The molecule has 124 valence electrons. The van der Waals surface area contributed by atoms with Gasteiger partial charge in [0.05, 0.1) is 17.6 Å². The zero-order valence-corrected chi connectivity index (χ0v) is 15.4. The van der Waals surface area contributed by atoms with E-state index in [1.165, 1.54) is 5.56 Å². The van der Waals surface area contributed by atoms with Gasteiger partial charge in [-0.1, -0.05) is 48.0 Å². The highest BCUT2D eigenvalue weighted by Gasteiger charge is 2.32. The van der Waals surface area contributed by atoms with E-state index in [-0.39, 0.29) is 11.9 Å². The molecule has 0 radical (unpaired) electrons. The summed E-state index contributed by atoms with van der Waals surface area (Å²) >= 11 is 3.46. The van der Waals surface area contributed by atoms with Gasteiger partial charge in [-0.2, -0.15) is 0 Å². The fourth-order valence-corrected chi connectivity index (χ4v) is 3.41. The molecule has 1 aliphatic rings. The molecule has 0 aliphatic carbocycles. The summed E-state index contributed by atoms with van der Waals surface area (Å²) in [5, 5.41) is 0. The molecular formula is C20H20BrNO2. The number of hydrogen-bond acceptors (Lipinski definition) is 2. The van der Waals surface area contributed by atoms with Crippen LogP contribution in [0.15, 0.2) is 64.7 Å². The van der Waals surface area contributed by atoms with Crippen LogP contribution >= 0.6 is 15.9 Å². The third-order valence-electron chi connectivity index (χ3n) is 4.40. The van der Waals surface area contributed by atoms with Gasteiger partial charge in [-0.15, -0.1) is 0 Å². The van der Waals surface area contributed by atoms with E-state index in [1.54, 1.807) is 7.11 Å². The maximum atomic E-state index is 12.8. The van der Waals surface area contributed by atoms with Gasteiger partial charge in [0.25, 0.3) is 5.91 Å². The second kappa shape index (κ2) is 7.22. The molecule has 24 heavy (non-hydrogen) atoms. The molecule has 1 heterocycles. The summed E-state index contributed by atoms with van der Waals surface area (Å²) in [6.45, 7) is 2.59. The minimum Gasteiger partial charge on any atom is -0.497 e. The first-order valence-electron chi connectivity index (χ1n) is 7.94. The average molecular weight is 386 g/mol. The molecule has 0 saturated carbocycles. The predicted octanol–water partition coefficient (Wildman–Crippen LogP) is 4.84. The number of benzene rings is 2. The van der Waals surface area contributed by atoms with Crippen LogP contribution in [-0.2, 0) is 11.3 Å². The van der Waals surface area contributed by atoms with Crippen molar-refractivity contribution in [2.24, 2.45) is 0 Å². The summed E-state index contributed by atoms with van der Waals surface area (Å²) in [7, 11) is 1.65. The third-order valence-corrected chi connectivity index (χ3v) is 5.41. The van der Waals surface area contributed by atoms with E-state index in [9.17, 15) is 4.79 Å². The van der Waals surface area contributed by atoms with Crippen molar-refractivity contribution in [3.63, 3.8) is 0 Å². The number of carbonyl (C=O) groups is 1. The van der Waals surface area contributed by atoms with Gasteiger partial charge in [0, 0.05) is 6.54 Å². The van der Waals surface area contributed by atoms with Crippen molar-refractivity contribution in [2.75, 3.05) is 7.11 Å². The summed E-state index contributed by atoms with van der Waals surface area (Å²) in [6.07, 6.45) is 0.840. The van der Waals surface area contributed by atoms with Crippen molar-refractivity contribution < 1.29 is 9.53 Å². The van der Waals surface area contributed by atoms with E-state index in [0.29, 0.717) is 11.0 Å². The highest BCUT2D eigenvalue weighted by atomic mass is 79.9. The number of methoxy groups -OCH3 is 1. The molecular weight excluding hydrogens is 366 g/mol. The molecule has 3 nitrogen and oxygen atoms in total. The lowest BCUT2D eigenvalue weighted by atomic mass is 9.93. The number of nitrogens with zero attached hydrogens (tertiary/aromatic N) is 1. The van der Waals surface area contributed by atoms with E-state index in [1.807, 2.05) is 54.3 Å². The van der Waals surface area contributed by atoms with Crippen LogP contribution in [0.1, 0.15) is 30.5 Å². The number of carbonyl (C=O) groups excluding carboxylic acids is 1. The summed E-state index contributed by atoms with van der Waals surface area (Å²) in [4.78, 5) is 14.8. The monoisotopic (exact) mass is 385 g/mol. The second-order valence-corrected chi connectivity index (χ2v) is 6.80. The van der Waals surface area contributed by atoms with Crippen molar-refractivity contribution >= 4 is 21.8 Å². The van der Waals surface area contributed by atoms with Crippen molar-refractivity contribution in [3.8, 4) is 5.75 Å². The minimum atomic E-state index is 0.0448. The summed E-state index contributed by atoms with van der Waals surface area (Å²) in [6, 6.07) is 18.1. The molecule has 2 aromatic rings. The molecule has 4 heteroatoms. The first-order chi connectivity index (χ1) is 11.6. The van der Waals surface area contributed by atoms with Crippen LogP contribution in [0.4, 0.5) is 0 Å². The van der Waals surface area contributed by atoms with Crippen molar-refractivity contribution in [1.29, 1.82) is 0 Å². The van der Waals surface area contributed by atoms with Gasteiger partial charge in [-0.05, 0) is 52.5 Å². The lowest BCUT2D eigenvalue weighted by Gasteiger charge is -2.36. The van der Waals surface area contributed by atoms with E-state index >= 15 is 0 Å². The van der Waals surface area contributed by atoms with E-state index in [0.717, 1.165) is 23.3 Å². The molecule has 1 amide bonds. The molecule has 2 aromatic carbocycles. The van der Waals surface area contributed by atoms with Crippen molar-refractivity contribution in [1.82, 2.24) is 4.90 Å². The Hall–Kier alpha value is -2.07. The highest BCUT2D eigenvalue weighted by Crippen LogP contribution is 2.37. The Kier molecular flexibility index (Phi) is 5.05. The standard InChI is InChI=1S/C20H20BrNO2/c1-14-12-18(16-6-4-3-5-7-16)22(20(23)19(14)21)13-15-8-10-17(24-2)11-9-15/h3-11,18H,12-13H2,1-2H3. The molecule has 1 unspecified atom stereocenters. The molecule has 0 fully saturated rings. The van der Waals surface area contributed by atoms with Crippen LogP contribution in [0.3, 0.4) is 0 Å². The Labute approximate surface area is 151 Å². The van der Waals surface area contributed by atoms with Crippen LogP contribution < -0.4 is 4.74 Å². The zero-order valence-electron chi connectivity index (χ0n) is 13.8. The largest absolute Gasteiger partial charge is 0.497 e. The van der Waals surface area contributed by atoms with Gasteiger partial charge in [0.2, 0.25) is 0 Å². The molecule has 0 aromatic heterocycles. The third kappa shape index (κ3) is 3.39. The molecule has 0 N–H and O–H groups in total. The predicted molar refractivity (Wildman–Crippen MR) is 99.0 cm³/mol. The summed E-state index contributed by atoms with van der Waals surface area (Å²) in [5.74, 6) is 0.865. The lowest BCUT2D eigenvalue weighted by Crippen LogP contribution is -2.38. The molecule has 1 atom stereocenters. The first-order valence-corrected chi connectivity index (χ1v) is 8.73. The maximum Gasteiger partial charge on any atom is 0.261 e. The Morgan fingerprint density at radius 3 is 2.42 bits per heavy atom. The van der Waals surface area contributed by atoms with Crippen LogP contribution in [-0.4, -0.2) is 17.9 Å². The minimum absolute atomic E-state index is 0.0448. The van der Waals surface area contributed by atoms with Gasteiger partial charge in [-0.25, -0.2) is 0 Å². The van der Waals surface area contributed by atoms with Crippen LogP contribution in [0.5, 0.6) is 5.75 Å². The van der Waals surface area contributed by atoms with Gasteiger partial charge in [-0.3, -0.25) is 4.79 Å². The summed E-state index contributed by atoms with van der Waals surface area (Å²) in [5.41, 5.74) is 3.35. The average Bonchev–Trinajstić information content (AvgIpc) is 2.63. The Morgan fingerprint density at radius 2 is 1.79 bits per heavy atom. The van der Waals surface area contributed by atoms with E-state index < -0.39 is 0 Å². The van der Waals surface area contributed by atoms with Crippen LogP contribution in [0.25, 0.3) is 0 Å². The number of amides is 1. The second-order valence-electron chi connectivity index (χ2n) is 6.01. The maximum absolute atomic E-state index is 12.8. The van der Waals surface area contributed by atoms with E-state index in [4.69, 9.17) is 4.74 Å². The van der Waals surface area contributed by atoms with E-state index in [2.05, 4.69) is 28.1 Å². The Morgan fingerprint density at radius 1 is 1.12 bits per heavy atom. The smallest absolute Gasteiger partial charge is 0.261 e. The molecule has 0 saturated heterocycles. The summed E-state index contributed by atoms with van der Waals surface area (Å²) < 4.78 is 5.89. The van der Waals surface area contributed by atoms with Crippen LogP contribution in [0.2, 0.25) is 0 Å². The molecule has 0 spiro atoms. The lowest BCUT2D eigenvalue weighted by molar-refractivity contribution is -0.130. The fraction of sp³-hybridized carbons (Fsp3) is 0.250. The van der Waals surface area contributed by atoms with Crippen molar-refractivity contribution in [3.05, 3.63) is 75.8 Å². The fourth-order valence-electron chi connectivity index (χ4n) is 3.02. The van der Waals surface area contributed by atoms with Gasteiger partial charge in [0.1, 0.15) is 5.75 Å². The number of rotatable bonds is 4. The molecule has 1 aliphatic heterocycles. The van der Waals surface area contributed by atoms with Crippen LogP contribution in [0, 0.1) is 0 Å². The quantitative estimate of drug-likeness (QED) is 0.753. The zero-order chi connectivity index (χ0) is 17.1. The number of hydrogen-bond donors (Lipinski definition) is 0. The van der Waals surface area contributed by atoms with Gasteiger partial charge >= 0.3 is 0 Å². The Balaban J connectivity index is 1.92. The molecule has 3 rings (SSSR count). The highest BCUT2D eigenvalue weighted by molar-refractivity contribution is 9.12.